The number of nitrogens with zero attached hydrogens (tertiary/aromatic N) is 3. The van der Waals surface area contributed by atoms with Crippen LogP contribution in [-0.2, 0) is 13.0 Å². The molecule has 0 fully saturated rings. The van der Waals surface area contributed by atoms with Crippen molar-refractivity contribution in [3.63, 3.8) is 0 Å². The van der Waals surface area contributed by atoms with Crippen LogP contribution in [0.1, 0.15) is 10.4 Å². The van der Waals surface area contributed by atoms with Crippen molar-refractivity contribution in [2.75, 3.05) is 6.54 Å². The third kappa shape index (κ3) is 4.40. The van der Waals surface area contributed by atoms with Crippen LogP contribution in [-0.4, -0.2) is 27.7 Å². The molecular formula is C16H18N6S. The number of guanidine groups is 1. The zero-order chi connectivity index (χ0) is 15.9. The number of thiophene rings is 1. The van der Waals surface area contributed by atoms with Crippen LogP contribution in [0.3, 0.4) is 0 Å². The van der Waals surface area contributed by atoms with Crippen molar-refractivity contribution in [2.24, 2.45) is 10.7 Å². The summed E-state index contributed by atoms with van der Waals surface area (Å²) in [7, 11) is 0. The van der Waals surface area contributed by atoms with Gasteiger partial charge in [-0.05, 0) is 29.5 Å². The number of H-pyrrole nitrogens is 1. The minimum absolute atomic E-state index is 0.464. The molecule has 1 aromatic carbocycles. The predicted molar refractivity (Wildman–Crippen MR) is 93.2 cm³/mol. The van der Waals surface area contributed by atoms with Gasteiger partial charge in [-0.3, -0.25) is 5.10 Å². The second-order valence-electron chi connectivity index (χ2n) is 4.99. The van der Waals surface area contributed by atoms with E-state index >= 15 is 0 Å². The monoisotopic (exact) mass is 326 g/mol. The first kappa shape index (κ1) is 15.2. The lowest BCUT2D eigenvalue weighted by Crippen LogP contribution is -2.33. The van der Waals surface area contributed by atoms with E-state index in [0.717, 1.165) is 29.9 Å². The van der Waals surface area contributed by atoms with Crippen molar-refractivity contribution < 1.29 is 0 Å². The molecule has 6 nitrogen and oxygen atoms in total. The van der Waals surface area contributed by atoms with Crippen LogP contribution in [0.25, 0.3) is 11.4 Å². The van der Waals surface area contributed by atoms with Crippen molar-refractivity contribution in [3.8, 4) is 11.4 Å². The number of benzene rings is 1. The van der Waals surface area contributed by atoms with Gasteiger partial charge in [0.2, 0.25) is 0 Å². The topological polar surface area (TPSA) is 92.0 Å². The summed E-state index contributed by atoms with van der Waals surface area (Å²) in [6.07, 6.45) is 2.45. The average Bonchev–Trinajstić information content (AvgIpc) is 3.27. The molecule has 0 radical (unpaired) electrons. The Hall–Kier alpha value is -2.67. The van der Waals surface area contributed by atoms with E-state index in [2.05, 4.69) is 43.0 Å². The fraction of sp³-hybridized carbons (Fsp3) is 0.188. The Morgan fingerprint density at radius 3 is 3.04 bits per heavy atom. The molecule has 0 aliphatic heterocycles. The zero-order valence-corrected chi connectivity index (χ0v) is 13.4. The molecule has 3 aromatic rings. The number of aromatic amines is 1. The van der Waals surface area contributed by atoms with E-state index in [4.69, 9.17) is 5.73 Å². The molecule has 4 N–H and O–H groups in total. The Kier molecular flexibility index (Phi) is 5.00. The Balaban J connectivity index is 1.53. The van der Waals surface area contributed by atoms with Crippen LogP contribution < -0.4 is 11.1 Å². The number of nitrogens with one attached hydrogen (secondary N) is 2. The highest BCUT2D eigenvalue weighted by Gasteiger charge is 2.02. The third-order valence-corrected chi connectivity index (χ3v) is 4.24. The fourth-order valence-corrected chi connectivity index (χ4v) is 2.87. The van der Waals surface area contributed by atoms with E-state index in [-0.39, 0.29) is 0 Å². The molecule has 0 amide bonds. The van der Waals surface area contributed by atoms with E-state index in [1.807, 2.05) is 24.3 Å². The van der Waals surface area contributed by atoms with Crippen molar-refractivity contribution in [3.05, 3.63) is 58.5 Å². The van der Waals surface area contributed by atoms with E-state index in [0.29, 0.717) is 12.5 Å². The number of aliphatic imine (C=N–C) groups is 1. The second-order valence-corrected chi connectivity index (χ2v) is 6.02. The summed E-state index contributed by atoms with van der Waals surface area (Å²) in [5.74, 6) is 1.21. The molecule has 0 bridgehead atoms. The van der Waals surface area contributed by atoms with Crippen LogP contribution in [0.5, 0.6) is 0 Å². The first-order valence-electron chi connectivity index (χ1n) is 7.32. The number of rotatable bonds is 6. The van der Waals surface area contributed by atoms with Gasteiger partial charge < -0.3 is 11.1 Å². The van der Waals surface area contributed by atoms with Crippen molar-refractivity contribution in [2.45, 2.75) is 13.0 Å². The van der Waals surface area contributed by atoms with Gasteiger partial charge >= 0.3 is 0 Å². The molecule has 2 aromatic heterocycles. The second kappa shape index (κ2) is 7.55. The Bertz CT molecular complexity index is 749. The van der Waals surface area contributed by atoms with Crippen molar-refractivity contribution >= 4 is 17.3 Å². The van der Waals surface area contributed by atoms with Crippen LogP contribution in [0.4, 0.5) is 0 Å². The first-order chi connectivity index (χ1) is 11.3. The number of hydrogen-bond donors (Lipinski definition) is 3. The van der Waals surface area contributed by atoms with Gasteiger partial charge in [0, 0.05) is 17.0 Å². The van der Waals surface area contributed by atoms with E-state index < -0.39 is 0 Å². The molecule has 118 valence electrons. The molecule has 0 spiro atoms. The number of aromatic nitrogens is 3. The van der Waals surface area contributed by atoms with Gasteiger partial charge in [-0.1, -0.05) is 24.3 Å². The van der Waals surface area contributed by atoms with Gasteiger partial charge in [-0.25, -0.2) is 9.98 Å². The molecule has 0 saturated heterocycles. The van der Waals surface area contributed by atoms with E-state index in [1.54, 1.807) is 11.3 Å². The summed E-state index contributed by atoms with van der Waals surface area (Å²) in [5.41, 5.74) is 7.96. The van der Waals surface area contributed by atoms with Gasteiger partial charge in [0.25, 0.3) is 0 Å². The van der Waals surface area contributed by atoms with Crippen molar-refractivity contribution in [1.82, 2.24) is 20.5 Å². The van der Waals surface area contributed by atoms with Crippen LogP contribution in [0.2, 0.25) is 0 Å². The summed E-state index contributed by atoms with van der Waals surface area (Å²) in [4.78, 5) is 9.86. The predicted octanol–water partition coefficient (Wildman–Crippen LogP) is 2.18. The maximum atomic E-state index is 5.91. The van der Waals surface area contributed by atoms with E-state index in [9.17, 15) is 0 Å². The number of nitrogens with two attached hydrogens (primary N) is 1. The minimum Gasteiger partial charge on any atom is -0.370 e. The quantitative estimate of drug-likeness (QED) is 0.478. The molecule has 0 aliphatic rings. The standard InChI is InChI=1S/C16H18N6S/c17-16(18-7-6-14-5-2-8-23-14)19-10-12-3-1-4-13(9-12)15-20-11-21-22-15/h1-5,8-9,11H,6-7,10H2,(H3,17,18,19)(H,20,21,22). The van der Waals surface area contributed by atoms with Gasteiger partial charge in [0.1, 0.15) is 6.33 Å². The van der Waals surface area contributed by atoms with Crippen LogP contribution >= 0.6 is 11.3 Å². The molecule has 3 rings (SSSR count). The maximum absolute atomic E-state index is 5.91. The lowest BCUT2D eigenvalue weighted by atomic mass is 10.1. The summed E-state index contributed by atoms with van der Waals surface area (Å²) in [6, 6.07) is 12.2. The Morgan fingerprint density at radius 1 is 1.30 bits per heavy atom. The molecule has 23 heavy (non-hydrogen) atoms. The SMILES string of the molecule is NC(=NCc1cccc(-c2ncn[nH]2)c1)NCCc1cccs1. The highest BCUT2D eigenvalue weighted by Crippen LogP contribution is 2.15. The molecule has 0 saturated carbocycles. The summed E-state index contributed by atoms with van der Waals surface area (Å²) >= 11 is 1.75. The van der Waals surface area contributed by atoms with Gasteiger partial charge in [-0.15, -0.1) is 11.3 Å². The fourth-order valence-electron chi connectivity index (χ4n) is 2.16. The molecule has 0 atom stereocenters. The highest BCUT2D eigenvalue weighted by molar-refractivity contribution is 7.09. The molecule has 2 heterocycles. The largest absolute Gasteiger partial charge is 0.370 e. The van der Waals surface area contributed by atoms with Gasteiger partial charge in [0.05, 0.1) is 6.54 Å². The summed E-state index contributed by atoms with van der Waals surface area (Å²) in [5, 5.41) is 11.9. The molecule has 0 unspecified atom stereocenters. The van der Waals surface area contributed by atoms with Crippen LogP contribution in [0.15, 0.2) is 53.1 Å². The first-order valence-corrected chi connectivity index (χ1v) is 8.20. The Morgan fingerprint density at radius 2 is 2.26 bits per heavy atom. The highest BCUT2D eigenvalue weighted by atomic mass is 32.1. The third-order valence-electron chi connectivity index (χ3n) is 3.31. The maximum Gasteiger partial charge on any atom is 0.188 e. The van der Waals surface area contributed by atoms with Gasteiger partial charge in [0.15, 0.2) is 11.8 Å². The Labute approximate surface area is 138 Å². The average molecular weight is 326 g/mol. The smallest absolute Gasteiger partial charge is 0.188 e. The minimum atomic E-state index is 0.464. The lowest BCUT2D eigenvalue weighted by Gasteiger charge is -2.05. The van der Waals surface area contributed by atoms with E-state index in [1.165, 1.54) is 11.2 Å². The summed E-state index contributed by atoms with van der Waals surface area (Å²) in [6.45, 7) is 1.31. The molecule has 7 heteroatoms. The van der Waals surface area contributed by atoms with Crippen LogP contribution in [0, 0.1) is 0 Å². The lowest BCUT2D eigenvalue weighted by molar-refractivity contribution is 0.857. The molecular weight excluding hydrogens is 308 g/mol. The van der Waals surface area contributed by atoms with Gasteiger partial charge in [-0.2, -0.15) is 5.10 Å². The van der Waals surface area contributed by atoms with Crippen molar-refractivity contribution in [1.29, 1.82) is 0 Å². The summed E-state index contributed by atoms with van der Waals surface area (Å²) < 4.78 is 0. The zero-order valence-electron chi connectivity index (χ0n) is 12.6. The normalized spacial score (nSPS) is 11.6. The molecule has 0 aliphatic carbocycles. The number of hydrogen-bond acceptors (Lipinski definition) is 4.